The normalized spacial score (nSPS) is 13.6. The van der Waals surface area contributed by atoms with Crippen molar-refractivity contribution in [2.75, 3.05) is 13.2 Å². The van der Waals surface area contributed by atoms with Gasteiger partial charge in [0.25, 0.3) is 0 Å². The van der Waals surface area contributed by atoms with Crippen molar-refractivity contribution in [1.82, 2.24) is 15.5 Å². The molecule has 1 aromatic rings. The monoisotopic (exact) mass is 463 g/mol. The van der Waals surface area contributed by atoms with Gasteiger partial charge in [-0.1, -0.05) is 37.6 Å². The molecule has 0 aromatic heterocycles. The van der Waals surface area contributed by atoms with Gasteiger partial charge in [-0.15, -0.1) is 0 Å². The van der Waals surface area contributed by atoms with Crippen LogP contribution in [0.5, 0.6) is 0 Å². The molecule has 3 amide bonds. The highest BCUT2D eigenvalue weighted by Crippen LogP contribution is 2.31. The predicted molar refractivity (Wildman–Crippen MR) is 129 cm³/mol. The molecule has 8 nitrogen and oxygen atoms in total. The summed E-state index contributed by atoms with van der Waals surface area (Å²) in [5.41, 5.74) is -0.0194. The molecule has 33 heavy (non-hydrogen) atoms. The Labute approximate surface area is 198 Å². The maximum Gasteiger partial charge on any atom is 0.408 e. The molecule has 0 spiro atoms. The number of nitrogens with zero attached hydrogens (tertiary/aromatic N) is 1. The SMILES string of the molecule is CCCCNC(=O)C(c1ccccc1C)N(C(=O)C(CO)NC(=O)OC(C)(C)C)C(C)(C)C. The van der Waals surface area contributed by atoms with E-state index in [4.69, 9.17) is 4.74 Å². The van der Waals surface area contributed by atoms with Gasteiger partial charge in [-0.05, 0) is 66.0 Å². The first-order chi connectivity index (χ1) is 15.2. The molecule has 0 saturated carbocycles. The second-order valence-electron chi connectivity index (χ2n) is 10.2. The predicted octanol–water partition coefficient (Wildman–Crippen LogP) is 3.47. The van der Waals surface area contributed by atoms with E-state index in [9.17, 15) is 19.5 Å². The maximum atomic E-state index is 13.7. The average molecular weight is 464 g/mol. The van der Waals surface area contributed by atoms with Gasteiger partial charge in [0.2, 0.25) is 11.8 Å². The number of ether oxygens (including phenoxy) is 1. The van der Waals surface area contributed by atoms with Crippen molar-refractivity contribution in [3.8, 4) is 0 Å². The Hall–Kier alpha value is -2.61. The number of hydrogen-bond donors (Lipinski definition) is 3. The Morgan fingerprint density at radius 3 is 2.18 bits per heavy atom. The van der Waals surface area contributed by atoms with E-state index in [0.29, 0.717) is 12.1 Å². The van der Waals surface area contributed by atoms with Gasteiger partial charge < -0.3 is 25.4 Å². The molecule has 0 saturated heterocycles. The molecule has 0 heterocycles. The Morgan fingerprint density at radius 2 is 1.70 bits per heavy atom. The van der Waals surface area contributed by atoms with E-state index < -0.39 is 41.8 Å². The molecule has 0 fully saturated rings. The third-order valence-electron chi connectivity index (χ3n) is 4.95. The fourth-order valence-electron chi connectivity index (χ4n) is 3.42. The summed E-state index contributed by atoms with van der Waals surface area (Å²) in [7, 11) is 0. The summed E-state index contributed by atoms with van der Waals surface area (Å²) in [5, 5.41) is 15.4. The maximum absolute atomic E-state index is 13.7. The first-order valence-corrected chi connectivity index (χ1v) is 11.5. The molecule has 0 bridgehead atoms. The quantitative estimate of drug-likeness (QED) is 0.486. The minimum Gasteiger partial charge on any atom is -0.444 e. The smallest absolute Gasteiger partial charge is 0.408 e. The molecule has 3 N–H and O–H groups in total. The average Bonchev–Trinajstić information content (AvgIpc) is 2.68. The van der Waals surface area contributed by atoms with Gasteiger partial charge in [0.1, 0.15) is 17.7 Å². The number of unbranched alkanes of at least 4 members (excludes halogenated alkanes) is 1. The van der Waals surface area contributed by atoms with Crippen LogP contribution in [0.25, 0.3) is 0 Å². The zero-order valence-corrected chi connectivity index (χ0v) is 21.3. The number of hydrogen-bond acceptors (Lipinski definition) is 5. The summed E-state index contributed by atoms with van der Waals surface area (Å²) in [4.78, 5) is 40.9. The highest BCUT2D eigenvalue weighted by molar-refractivity contribution is 5.93. The van der Waals surface area contributed by atoms with E-state index in [1.807, 2.05) is 58.9 Å². The minimum absolute atomic E-state index is 0.310. The number of benzene rings is 1. The molecular weight excluding hydrogens is 422 g/mol. The van der Waals surface area contributed by atoms with Gasteiger partial charge in [0.05, 0.1) is 6.61 Å². The van der Waals surface area contributed by atoms with E-state index in [1.165, 1.54) is 4.90 Å². The van der Waals surface area contributed by atoms with E-state index in [2.05, 4.69) is 10.6 Å². The summed E-state index contributed by atoms with van der Waals surface area (Å²) in [6, 6.07) is 5.19. The van der Waals surface area contributed by atoms with Gasteiger partial charge in [0, 0.05) is 12.1 Å². The summed E-state index contributed by atoms with van der Waals surface area (Å²) < 4.78 is 5.25. The van der Waals surface area contributed by atoms with Crippen LogP contribution in [0.4, 0.5) is 4.79 Å². The van der Waals surface area contributed by atoms with Crippen LogP contribution in [0.1, 0.15) is 78.5 Å². The fourth-order valence-corrected chi connectivity index (χ4v) is 3.42. The van der Waals surface area contributed by atoms with E-state index in [-0.39, 0.29) is 5.91 Å². The number of aliphatic hydroxyl groups excluding tert-OH is 1. The number of aliphatic hydroxyl groups is 1. The van der Waals surface area contributed by atoms with Crippen molar-refractivity contribution in [3.63, 3.8) is 0 Å². The van der Waals surface area contributed by atoms with Crippen molar-refractivity contribution >= 4 is 17.9 Å². The lowest BCUT2D eigenvalue weighted by Gasteiger charge is -2.43. The molecule has 0 aliphatic heterocycles. The molecule has 2 atom stereocenters. The molecular formula is C25H41N3O5. The van der Waals surface area contributed by atoms with Gasteiger partial charge in [-0.2, -0.15) is 0 Å². The Bertz CT molecular complexity index is 811. The lowest BCUT2D eigenvalue weighted by atomic mass is 9.93. The topological polar surface area (TPSA) is 108 Å². The Balaban J connectivity index is 3.42. The van der Waals surface area contributed by atoms with Gasteiger partial charge in [0.15, 0.2) is 0 Å². The Morgan fingerprint density at radius 1 is 1.09 bits per heavy atom. The molecule has 8 heteroatoms. The molecule has 186 valence electrons. The minimum atomic E-state index is -1.27. The van der Waals surface area contributed by atoms with E-state index in [0.717, 1.165) is 18.4 Å². The highest BCUT2D eigenvalue weighted by Gasteiger charge is 2.42. The van der Waals surface area contributed by atoms with Crippen molar-refractivity contribution < 1.29 is 24.2 Å². The summed E-state index contributed by atoms with van der Waals surface area (Å²) >= 11 is 0. The molecule has 1 rings (SSSR count). The zero-order valence-electron chi connectivity index (χ0n) is 21.3. The van der Waals surface area contributed by atoms with Gasteiger partial charge in [-0.25, -0.2) is 4.79 Å². The number of alkyl carbamates (subject to hydrolysis) is 1. The summed E-state index contributed by atoms with van der Waals surface area (Å²) in [5.74, 6) is -0.885. The number of rotatable bonds is 9. The first-order valence-electron chi connectivity index (χ1n) is 11.5. The lowest BCUT2D eigenvalue weighted by Crippen LogP contribution is -2.59. The van der Waals surface area contributed by atoms with Crippen molar-refractivity contribution in [3.05, 3.63) is 35.4 Å². The van der Waals surface area contributed by atoms with Crippen molar-refractivity contribution in [2.45, 2.75) is 91.5 Å². The number of nitrogens with one attached hydrogen (secondary N) is 2. The zero-order chi connectivity index (χ0) is 25.4. The van der Waals surface area contributed by atoms with Crippen LogP contribution in [-0.4, -0.2) is 58.2 Å². The van der Waals surface area contributed by atoms with Crippen LogP contribution in [-0.2, 0) is 14.3 Å². The second-order valence-corrected chi connectivity index (χ2v) is 10.2. The van der Waals surface area contributed by atoms with E-state index >= 15 is 0 Å². The largest absolute Gasteiger partial charge is 0.444 e. The van der Waals surface area contributed by atoms with Gasteiger partial charge in [-0.3, -0.25) is 9.59 Å². The standard InChI is InChI=1S/C25H41N3O5/c1-9-10-15-26-21(30)20(18-14-12-11-13-17(18)2)28(24(3,4)5)22(31)19(16-29)27-23(32)33-25(6,7)8/h11-14,19-20,29H,9-10,15-16H2,1-8H3,(H,26,30)(H,27,32). The van der Waals surface area contributed by atoms with Crippen LogP contribution >= 0.6 is 0 Å². The number of aryl methyl sites for hydroxylation is 1. The molecule has 0 aliphatic carbocycles. The number of carbonyl (C=O) groups excluding carboxylic acids is 3. The van der Waals surface area contributed by atoms with Crippen molar-refractivity contribution in [2.24, 2.45) is 0 Å². The Kier molecular flexibility index (Phi) is 10.4. The number of amides is 3. The molecule has 0 radical (unpaired) electrons. The molecule has 1 aromatic carbocycles. The van der Waals surface area contributed by atoms with Crippen LogP contribution in [0.3, 0.4) is 0 Å². The van der Waals surface area contributed by atoms with Crippen LogP contribution in [0.15, 0.2) is 24.3 Å². The third kappa shape index (κ3) is 8.68. The van der Waals surface area contributed by atoms with Crippen LogP contribution < -0.4 is 10.6 Å². The molecule has 0 aliphatic rings. The van der Waals surface area contributed by atoms with Crippen LogP contribution in [0, 0.1) is 6.92 Å². The van der Waals surface area contributed by atoms with Gasteiger partial charge >= 0.3 is 6.09 Å². The first kappa shape index (κ1) is 28.4. The second kappa shape index (κ2) is 12.0. The highest BCUT2D eigenvalue weighted by atomic mass is 16.6. The number of carbonyl (C=O) groups is 3. The lowest BCUT2D eigenvalue weighted by molar-refractivity contribution is -0.149. The van der Waals surface area contributed by atoms with E-state index in [1.54, 1.807) is 20.8 Å². The summed E-state index contributed by atoms with van der Waals surface area (Å²) in [6.07, 6.45) is 0.919. The summed E-state index contributed by atoms with van der Waals surface area (Å²) in [6.45, 7) is 14.3. The fraction of sp³-hybridized carbons (Fsp3) is 0.640. The molecule has 2 unspecified atom stereocenters. The van der Waals surface area contributed by atoms with Crippen molar-refractivity contribution in [1.29, 1.82) is 0 Å². The van der Waals surface area contributed by atoms with Crippen LogP contribution in [0.2, 0.25) is 0 Å². The third-order valence-corrected chi connectivity index (χ3v) is 4.95.